The van der Waals surface area contributed by atoms with Crippen LogP contribution in [-0.4, -0.2) is 40.3 Å². The van der Waals surface area contributed by atoms with Gasteiger partial charge in [-0.05, 0) is 45.7 Å². The second-order valence-electron chi connectivity index (χ2n) is 6.77. The molecule has 2 rings (SSSR count). The molecule has 0 aromatic carbocycles. The quantitative estimate of drug-likeness (QED) is 0.812. The zero-order valence-electron chi connectivity index (χ0n) is 13.7. The fourth-order valence-electron chi connectivity index (χ4n) is 2.85. The van der Waals surface area contributed by atoms with Gasteiger partial charge in [-0.15, -0.1) is 0 Å². The summed E-state index contributed by atoms with van der Waals surface area (Å²) in [6.07, 6.45) is 1.94. The molecule has 0 bridgehead atoms. The Labute approximate surface area is 135 Å². The predicted octanol–water partition coefficient (Wildman–Crippen LogP) is 1.74. The van der Waals surface area contributed by atoms with Crippen LogP contribution in [-0.2, 0) is 14.3 Å². The van der Waals surface area contributed by atoms with Crippen LogP contribution in [0.25, 0.3) is 0 Å². The van der Waals surface area contributed by atoms with Crippen LogP contribution < -0.4 is 5.73 Å². The molecule has 1 aromatic heterocycles. The number of carboxylic acid groups (broad SMARTS) is 1. The monoisotopic (exact) mass is 324 g/mol. The number of hydrogen-bond acceptors (Lipinski definition) is 6. The van der Waals surface area contributed by atoms with E-state index in [0.29, 0.717) is 25.1 Å². The Balaban J connectivity index is 2.19. The predicted molar refractivity (Wildman–Crippen MR) is 82.3 cm³/mol. The minimum Gasteiger partial charge on any atom is -0.480 e. The number of carboxylic acids is 1. The zero-order chi connectivity index (χ0) is 17.2. The number of carbonyl (C=O) groups excluding carboxylic acids is 1. The highest BCUT2D eigenvalue weighted by Gasteiger charge is 2.42. The zero-order valence-corrected chi connectivity index (χ0v) is 13.7. The highest BCUT2D eigenvalue weighted by atomic mass is 16.6. The maximum atomic E-state index is 12.3. The molecule has 7 nitrogen and oxygen atoms in total. The van der Waals surface area contributed by atoms with Crippen LogP contribution in [0.2, 0.25) is 0 Å². The first-order valence-electron chi connectivity index (χ1n) is 7.71. The topological polar surface area (TPSA) is 106 Å². The Kier molecular flexibility index (Phi) is 5.11. The average Bonchev–Trinajstić information content (AvgIpc) is 2.92. The first-order chi connectivity index (χ1) is 10.7. The Morgan fingerprint density at radius 3 is 2.70 bits per heavy atom. The lowest BCUT2D eigenvalue weighted by Crippen LogP contribution is -2.56. The smallest absolute Gasteiger partial charge is 0.328 e. The van der Waals surface area contributed by atoms with Crippen molar-refractivity contribution in [2.24, 2.45) is 11.7 Å². The van der Waals surface area contributed by atoms with Crippen LogP contribution in [0.1, 0.15) is 45.4 Å². The van der Waals surface area contributed by atoms with Gasteiger partial charge >= 0.3 is 11.9 Å². The van der Waals surface area contributed by atoms with Gasteiger partial charge in [-0.3, -0.25) is 14.5 Å². The van der Waals surface area contributed by atoms with Crippen LogP contribution in [0.5, 0.6) is 0 Å². The number of piperidine rings is 1. The first kappa shape index (κ1) is 17.5. The SMILES string of the molecule is CC(C)(C)OC(=O)[C@@H]1CCCN([C@H](C(=O)O)c2ccco2)[C@@H]1N. The van der Waals surface area contributed by atoms with E-state index in [0.717, 1.165) is 0 Å². The molecule has 7 heteroatoms. The number of nitrogens with two attached hydrogens (primary N) is 1. The second-order valence-corrected chi connectivity index (χ2v) is 6.77. The summed E-state index contributed by atoms with van der Waals surface area (Å²) < 4.78 is 10.7. The van der Waals surface area contributed by atoms with Gasteiger partial charge in [0.1, 0.15) is 11.4 Å². The van der Waals surface area contributed by atoms with Crippen molar-refractivity contribution in [3.05, 3.63) is 24.2 Å². The Morgan fingerprint density at radius 1 is 1.48 bits per heavy atom. The van der Waals surface area contributed by atoms with Crippen LogP contribution in [0.3, 0.4) is 0 Å². The molecular weight excluding hydrogens is 300 g/mol. The van der Waals surface area contributed by atoms with E-state index in [9.17, 15) is 14.7 Å². The summed E-state index contributed by atoms with van der Waals surface area (Å²) in [4.78, 5) is 25.6. The summed E-state index contributed by atoms with van der Waals surface area (Å²) in [5.74, 6) is -1.70. The van der Waals surface area contributed by atoms with Crippen molar-refractivity contribution < 1.29 is 23.8 Å². The van der Waals surface area contributed by atoms with E-state index in [2.05, 4.69) is 0 Å². The van der Waals surface area contributed by atoms with E-state index < -0.39 is 35.7 Å². The van der Waals surface area contributed by atoms with Crippen LogP contribution in [0.4, 0.5) is 0 Å². The van der Waals surface area contributed by atoms with Gasteiger partial charge in [0.2, 0.25) is 0 Å². The largest absolute Gasteiger partial charge is 0.480 e. The molecule has 3 atom stereocenters. The maximum Gasteiger partial charge on any atom is 0.328 e. The van der Waals surface area contributed by atoms with E-state index in [1.54, 1.807) is 37.8 Å². The molecule has 0 spiro atoms. The minimum atomic E-state index is -1.06. The number of likely N-dealkylation sites (tertiary alicyclic amines) is 1. The molecule has 0 saturated carbocycles. The lowest BCUT2D eigenvalue weighted by Gasteiger charge is -2.40. The molecule has 0 unspecified atom stereocenters. The van der Waals surface area contributed by atoms with Crippen molar-refractivity contribution in [1.29, 1.82) is 0 Å². The number of aliphatic carboxylic acids is 1. The van der Waals surface area contributed by atoms with E-state index >= 15 is 0 Å². The van der Waals surface area contributed by atoms with E-state index in [1.807, 2.05) is 0 Å². The maximum absolute atomic E-state index is 12.3. The summed E-state index contributed by atoms with van der Waals surface area (Å²) in [5.41, 5.74) is 5.60. The van der Waals surface area contributed by atoms with Crippen LogP contribution in [0.15, 0.2) is 22.8 Å². The van der Waals surface area contributed by atoms with E-state index in [-0.39, 0.29) is 0 Å². The number of ether oxygens (including phenoxy) is 1. The molecule has 1 saturated heterocycles. The molecule has 0 aliphatic carbocycles. The number of rotatable bonds is 4. The van der Waals surface area contributed by atoms with E-state index in [1.165, 1.54) is 6.26 Å². The number of furan rings is 1. The van der Waals surface area contributed by atoms with Crippen molar-refractivity contribution in [3.8, 4) is 0 Å². The highest BCUT2D eigenvalue weighted by Crippen LogP contribution is 2.31. The van der Waals surface area contributed by atoms with E-state index in [4.69, 9.17) is 14.9 Å². The van der Waals surface area contributed by atoms with Gasteiger partial charge in [0.05, 0.1) is 18.3 Å². The van der Waals surface area contributed by atoms with Gasteiger partial charge in [0, 0.05) is 6.54 Å². The van der Waals surface area contributed by atoms with Gasteiger partial charge in [-0.2, -0.15) is 0 Å². The molecule has 1 aromatic rings. The van der Waals surface area contributed by atoms with Crippen LogP contribution >= 0.6 is 0 Å². The van der Waals surface area contributed by atoms with Crippen molar-refractivity contribution in [2.75, 3.05) is 6.54 Å². The third-order valence-electron chi connectivity index (χ3n) is 3.81. The molecular formula is C16H24N2O5. The number of nitrogens with zero attached hydrogens (tertiary/aromatic N) is 1. The second kappa shape index (κ2) is 6.72. The molecule has 2 heterocycles. The summed E-state index contributed by atoms with van der Waals surface area (Å²) in [5, 5.41) is 9.55. The Morgan fingerprint density at radius 2 is 2.17 bits per heavy atom. The van der Waals surface area contributed by atoms with Crippen molar-refractivity contribution in [3.63, 3.8) is 0 Å². The molecule has 1 aliphatic heterocycles. The van der Waals surface area contributed by atoms with Gasteiger partial charge in [0.25, 0.3) is 0 Å². The fourth-order valence-corrected chi connectivity index (χ4v) is 2.85. The summed E-state index contributed by atoms with van der Waals surface area (Å²) >= 11 is 0. The number of carbonyl (C=O) groups is 2. The summed E-state index contributed by atoms with van der Waals surface area (Å²) in [6, 6.07) is 2.22. The third-order valence-corrected chi connectivity index (χ3v) is 3.81. The lowest BCUT2D eigenvalue weighted by atomic mass is 9.92. The van der Waals surface area contributed by atoms with Gasteiger partial charge in [-0.25, -0.2) is 0 Å². The number of esters is 1. The standard InChI is InChI=1S/C16H24N2O5/c1-16(2,3)23-15(21)10-6-4-8-18(13(10)17)12(14(19)20)11-7-5-9-22-11/h5,7,9-10,12-13H,4,6,8,17H2,1-3H3,(H,19,20)/t10-,12+,13+/m1/s1. The Hall–Kier alpha value is -1.86. The molecule has 0 amide bonds. The molecule has 1 fully saturated rings. The van der Waals surface area contributed by atoms with Crippen LogP contribution in [0, 0.1) is 5.92 Å². The van der Waals surface area contributed by atoms with Gasteiger partial charge < -0.3 is 20.0 Å². The number of hydrogen-bond donors (Lipinski definition) is 2. The minimum absolute atomic E-state index is 0.304. The first-order valence-corrected chi connectivity index (χ1v) is 7.71. The molecule has 0 radical (unpaired) electrons. The average molecular weight is 324 g/mol. The molecule has 128 valence electrons. The lowest BCUT2D eigenvalue weighted by molar-refractivity contribution is -0.167. The molecule has 23 heavy (non-hydrogen) atoms. The fraction of sp³-hybridized carbons (Fsp3) is 0.625. The van der Waals surface area contributed by atoms with Gasteiger partial charge in [-0.1, -0.05) is 0 Å². The van der Waals surface area contributed by atoms with Crippen molar-refractivity contribution in [2.45, 2.75) is 51.4 Å². The third kappa shape index (κ3) is 4.11. The molecule has 1 aliphatic rings. The van der Waals surface area contributed by atoms with Crippen molar-refractivity contribution in [1.82, 2.24) is 4.90 Å². The highest BCUT2D eigenvalue weighted by molar-refractivity contribution is 5.76. The van der Waals surface area contributed by atoms with Gasteiger partial charge in [0.15, 0.2) is 6.04 Å². The molecule has 3 N–H and O–H groups in total. The summed E-state index contributed by atoms with van der Waals surface area (Å²) in [6.45, 7) is 5.86. The Bertz CT molecular complexity index is 549. The van der Waals surface area contributed by atoms with Crippen molar-refractivity contribution >= 4 is 11.9 Å². The normalized spacial score (nSPS) is 24.2. The summed E-state index contributed by atoms with van der Waals surface area (Å²) in [7, 11) is 0.